The van der Waals surface area contributed by atoms with Crippen LogP contribution in [0.15, 0.2) is 18.2 Å². The molecule has 4 amide bonds. The van der Waals surface area contributed by atoms with Gasteiger partial charge in [0.05, 0.1) is 24.5 Å². The molecule has 1 aromatic carbocycles. The van der Waals surface area contributed by atoms with Gasteiger partial charge < -0.3 is 20.3 Å². The van der Waals surface area contributed by atoms with Crippen LogP contribution in [0.5, 0.6) is 0 Å². The summed E-state index contributed by atoms with van der Waals surface area (Å²) in [5.41, 5.74) is -2.04. The van der Waals surface area contributed by atoms with Gasteiger partial charge in [-0.15, -0.1) is 0 Å². The number of halogens is 3. The molecule has 0 aromatic heterocycles. The zero-order valence-electron chi connectivity index (χ0n) is 17.6. The number of rotatable bonds is 4. The second-order valence-electron chi connectivity index (χ2n) is 8.39. The van der Waals surface area contributed by atoms with Crippen molar-refractivity contribution in [1.29, 1.82) is 0 Å². The van der Waals surface area contributed by atoms with E-state index in [4.69, 9.17) is 4.74 Å². The number of carbonyl (C=O) groups is 3. The number of alkyl halides is 3. The highest BCUT2D eigenvalue weighted by atomic mass is 19.4. The van der Waals surface area contributed by atoms with Gasteiger partial charge in [-0.3, -0.25) is 9.59 Å². The molecule has 0 bridgehead atoms. The van der Waals surface area contributed by atoms with E-state index in [9.17, 15) is 27.6 Å². The fraction of sp³-hybridized carbons (Fsp3) is 0.571. The maximum absolute atomic E-state index is 13.7. The smallest absolute Gasteiger partial charge is 0.378 e. The monoisotopic (exact) mass is 454 g/mol. The normalized spacial score (nSPS) is 21.8. The fourth-order valence-electron chi connectivity index (χ4n) is 4.56. The van der Waals surface area contributed by atoms with Gasteiger partial charge >= 0.3 is 12.2 Å². The molecule has 11 heteroatoms. The highest BCUT2D eigenvalue weighted by Crippen LogP contribution is 2.38. The Balaban J connectivity index is 1.54. The van der Waals surface area contributed by atoms with Crippen LogP contribution in [0.1, 0.15) is 38.2 Å². The molecule has 32 heavy (non-hydrogen) atoms. The molecular weight excluding hydrogens is 429 g/mol. The average molecular weight is 454 g/mol. The maximum Gasteiger partial charge on any atom is 0.418 e. The van der Waals surface area contributed by atoms with E-state index in [1.54, 1.807) is 4.90 Å². The number of amides is 4. The molecule has 1 atom stereocenters. The van der Waals surface area contributed by atoms with E-state index in [0.717, 1.165) is 23.8 Å². The van der Waals surface area contributed by atoms with Crippen LogP contribution < -0.4 is 15.5 Å². The molecule has 0 radical (unpaired) electrons. The number of carbonyl (C=O) groups excluding carboxylic acids is 3. The molecule has 2 N–H and O–H groups in total. The molecule has 3 fully saturated rings. The lowest BCUT2D eigenvalue weighted by atomic mass is 9.97. The van der Waals surface area contributed by atoms with Crippen LogP contribution in [0, 0.1) is 0 Å². The van der Waals surface area contributed by atoms with E-state index in [0.29, 0.717) is 44.8 Å². The second-order valence-corrected chi connectivity index (χ2v) is 8.39. The van der Waals surface area contributed by atoms with Crippen molar-refractivity contribution in [3.05, 3.63) is 23.8 Å². The van der Waals surface area contributed by atoms with Gasteiger partial charge in [-0.05, 0) is 38.0 Å². The van der Waals surface area contributed by atoms with Gasteiger partial charge in [0, 0.05) is 18.8 Å². The van der Waals surface area contributed by atoms with Crippen LogP contribution in [0.2, 0.25) is 0 Å². The molecule has 1 aliphatic carbocycles. The summed E-state index contributed by atoms with van der Waals surface area (Å²) >= 11 is 0. The van der Waals surface area contributed by atoms with Crippen LogP contribution in [-0.4, -0.2) is 60.6 Å². The quantitative estimate of drug-likeness (QED) is 0.683. The SMILES string of the molecule is CC(C(=O)Nc1ccc(N2CCOCC2)cc1C(F)(F)F)N1C(=O)NC2(CCCC2)C1=O. The minimum atomic E-state index is -4.71. The van der Waals surface area contributed by atoms with Gasteiger partial charge in [0.25, 0.3) is 5.91 Å². The molecule has 2 saturated heterocycles. The number of benzene rings is 1. The Morgan fingerprint density at radius 3 is 2.47 bits per heavy atom. The number of urea groups is 1. The predicted molar refractivity (Wildman–Crippen MR) is 109 cm³/mol. The molecule has 2 aliphatic heterocycles. The Kier molecular flexibility index (Phi) is 5.78. The summed E-state index contributed by atoms with van der Waals surface area (Å²) in [7, 11) is 0. The molecule has 1 aromatic rings. The standard InChI is InChI=1S/C21H25F3N4O4/c1-13(28-18(30)20(26-19(28)31)6-2-3-7-20)17(29)25-16-5-4-14(12-15(16)21(22,23)24)27-8-10-32-11-9-27/h4-5,12-13H,2-3,6-11H2,1H3,(H,25,29)(H,26,31). The largest absolute Gasteiger partial charge is 0.418 e. The lowest BCUT2D eigenvalue weighted by Crippen LogP contribution is -2.48. The van der Waals surface area contributed by atoms with Gasteiger partial charge in [0.15, 0.2) is 0 Å². The van der Waals surface area contributed by atoms with Crippen molar-refractivity contribution in [2.45, 2.75) is 50.4 Å². The minimum absolute atomic E-state index is 0.379. The molecule has 1 spiro atoms. The first-order valence-corrected chi connectivity index (χ1v) is 10.6. The molecule has 3 aliphatic rings. The number of hydrogen-bond donors (Lipinski definition) is 2. The van der Waals surface area contributed by atoms with Crippen molar-refractivity contribution < 1.29 is 32.3 Å². The highest BCUT2D eigenvalue weighted by molar-refractivity contribution is 6.11. The second kappa shape index (κ2) is 8.27. The Labute approximate surface area is 183 Å². The number of hydrogen-bond acceptors (Lipinski definition) is 5. The maximum atomic E-state index is 13.7. The van der Waals surface area contributed by atoms with E-state index < -0.39 is 46.9 Å². The summed E-state index contributed by atoms with van der Waals surface area (Å²) in [5, 5.41) is 4.94. The third-order valence-corrected chi connectivity index (χ3v) is 6.36. The molecule has 2 heterocycles. The van der Waals surface area contributed by atoms with E-state index in [1.165, 1.54) is 19.1 Å². The van der Waals surface area contributed by atoms with E-state index in [1.807, 2.05) is 0 Å². The number of ether oxygens (including phenoxy) is 1. The summed E-state index contributed by atoms with van der Waals surface area (Å²) < 4.78 is 46.5. The summed E-state index contributed by atoms with van der Waals surface area (Å²) in [4.78, 5) is 40.6. The average Bonchev–Trinajstić information content (AvgIpc) is 3.32. The van der Waals surface area contributed by atoms with Gasteiger partial charge in [0.1, 0.15) is 11.6 Å². The van der Waals surface area contributed by atoms with Gasteiger partial charge in [-0.25, -0.2) is 9.69 Å². The summed E-state index contributed by atoms with van der Waals surface area (Å²) in [5.74, 6) is -1.37. The molecule has 1 unspecified atom stereocenters. The number of imide groups is 1. The molecule has 8 nitrogen and oxygen atoms in total. The molecular formula is C21H25F3N4O4. The molecule has 174 valence electrons. The first-order valence-electron chi connectivity index (χ1n) is 10.6. The number of morpholine rings is 1. The minimum Gasteiger partial charge on any atom is -0.378 e. The third kappa shape index (κ3) is 4.01. The Hall–Kier alpha value is -2.82. The first kappa shape index (κ1) is 22.4. The van der Waals surface area contributed by atoms with Crippen molar-refractivity contribution in [1.82, 2.24) is 10.2 Å². The van der Waals surface area contributed by atoms with E-state index in [2.05, 4.69) is 10.6 Å². The first-order chi connectivity index (χ1) is 15.1. The van der Waals surface area contributed by atoms with Crippen LogP contribution >= 0.6 is 0 Å². The van der Waals surface area contributed by atoms with Crippen LogP contribution in [0.3, 0.4) is 0 Å². The van der Waals surface area contributed by atoms with Crippen LogP contribution in [-0.2, 0) is 20.5 Å². The van der Waals surface area contributed by atoms with Crippen molar-refractivity contribution in [2.24, 2.45) is 0 Å². The van der Waals surface area contributed by atoms with E-state index in [-0.39, 0.29) is 0 Å². The Bertz CT molecular complexity index is 924. The topological polar surface area (TPSA) is 91.0 Å². The third-order valence-electron chi connectivity index (χ3n) is 6.36. The summed E-state index contributed by atoms with van der Waals surface area (Å²) in [6.45, 7) is 3.10. The van der Waals surface area contributed by atoms with Gasteiger partial charge in [-0.1, -0.05) is 12.8 Å². The summed E-state index contributed by atoms with van der Waals surface area (Å²) in [6.07, 6.45) is -2.16. The Morgan fingerprint density at radius 1 is 1.19 bits per heavy atom. The number of anilines is 2. The van der Waals surface area contributed by atoms with Crippen molar-refractivity contribution in [3.8, 4) is 0 Å². The van der Waals surface area contributed by atoms with Crippen molar-refractivity contribution in [2.75, 3.05) is 36.5 Å². The van der Waals surface area contributed by atoms with Crippen molar-refractivity contribution in [3.63, 3.8) is 0 Å². The zero-order valence-corrected chi connectivity index (χ0v) is 17.6. The van der Waals surface area contributed by atoms with Crippen LogP contribution in [0.4, 0.5) is 29.3 Å². The molecule has 1 saturated carbocycles. The number of nitrogens with zero attached hydrogens (tertiary/aromatic N) is 2. The zero-order chi connectivity index (χ0) is 23.1. The number of nitrogens with one attached hydrogen (secondary N) is 2. The van der Waals surface area contributed by atoms with Crippen LogP contribution in [0.25, 0.3) is 0 Å². The lowest BCUT2D eigenvalue weighted by Gasteiger charge is -2.30. The van der Waals surface area contributed by atoms with E-state index >= 15 is 0 Å². The predicted octanol–water partition coefficient (Wildman–Crippen LogP) is 2.73. The lowest BCUT2D eigenvalue weighted by molar-refractivity contribution is -0.138. The van der Waals surface area contributed by atoms with Gasteiger partial charge in [0.2, 0.25) is 5.91 Å². The van der Waals surface area contributed by atoms with Gasteiger partial charge in [-0.2, -0.15) is 13.2 Å². The highest BCUT2D eigenvalue weighted by Gasteiger charge is 2.54. The Morgan fingerprint density at radius 2 is 1.84 bits per heavy atom. The van der Waals surface area contributed by atoms with Crippen molar-refractivity contribution >= 4 is 29.2 Å². The summed E-state index contributed by atoms with van der Waals surface area (Å²) in [6, 6.07) is 1.73. The molecule has 4 rings (SSSR count). The fourth-order valence-corrected chi connectivity index (χ4v) is 4.56.